The molecule has 0 aliphatic heterocycles. The molecule has 2 aromatic heterocycles. The van der Waals surface area contributed by atoms with Crippen molar-refractivity contribution in [1.29, 1.82) is 0 Å². The standard InChI is InChI=1S/C12H15FN4/c1-2-17-7-6-15-11(17)8-10(14)12-9(13)4-3-5-16-12/h3-7,10H,2,8,14H2,1H3. The van der Waals surface area contributed by atoms with Gasteiger partial charge in [0.15, 0.2) is 0 Å². The molecule has 0 saturated heterocycles. The predicted octanol–water partition coefficient (Wildman–Crippen LogP) is 1.68. The summed E-state index contributed by atoms with van der Waals surface area (Å²) in [5.74, 6) is 0.486. The molecule has 2 N–H and O–H groups in total. The number of halogens is 1. The van der Waals surface area contributed by atoms with Gasteiger partial charge in [0, 0.05) is 31.6 Å². The van der Waals surface area contributed by atoms with Gasteiger partial charge in [0.25, 0.3) is 0 Å². The molecule has 0 fully saturated rings. The molecule has 0 radical (unpaired) electrons. The van der Waals surface area contributed by atoms with Crippen molar-refractivity contribution >= 4 is 0 Å². The van der Waals surface area contributed by atoms with Crippen molar-refractivity contribution in [2.75, 3.05) is 0 Å². The Labute approximate surface area is 99.3 Å². The fraction of sp³-hybridized carbons (Fsp3) is 0.333. The molecular formula is C12H15FN4. The van der Waals surface area contributed by atoms with E-state index in [0.717, 1.165) is 12.4 Å². The Morgan fingerprint density at radius 3 is 2.94 bits per heavy atom. The van der Waals surface area contributed by atoms with E-state index in [1.54, 1.807) is 18.5 Å². The van der Waals surface area contributed by atoms with E-state index in [0.29, 0.717) is 6.42 Å². The minimum absolute atomic E-state index is 0.290. The minimum Gasteiger partial charge on any atom is -0.335 e. The molecular weight excluding hydrogens is 219 g/mol. The van der Waals surface area contributed by atoms with E-state index in [-0.39, 0.29) is 11.5 Å². The molecule has 0 aromatic carbocycles. The summed E-state index contributed by atoms with van der Waals surface area (Å²) < 4.78 is 15.5. The van der Waals surface area contributed by atoms with Gasteiger partial charge in [-0.05, 0) is 19.1 Å². The van der Waals surface area contributed by atoms with Crippen LogP contribution in [0.3, 0.4) is 0 Å². The lowest BCUT2D eigenvalue weighted by Crippen LogP contribution is -2.18. The summed E-state index contributed by atoms with van der Waals surface area (Å²) in [6.45, 7) is 2.85. The van der Waals surface area contributed by atoms with E-state index in [9.17, 15) is 4.39 Å². The Morgan fingerprint density at radius 1 is 1.41 bits per heavy atom. The largest absolute Gasteiger partial charge is 0.335 e. The lowest BCUT2D eigenvalue weighted by Gasteiger charge is -2.12. The molecule has 0 amide bonds. The molecule has 0 aliphatic carbocycles. The van der Waals surface area contributed by atoms with Crippen LogP contribution in [-0.2, 0) is 13.0 Å². The Bertz CT molecular complexity index is 495. The van der Waals surface area contributed by atoms with Gasteiger partial charge in [0.2, 0.25) is 0 Å². The second-order valence-corrected chi connectivity index (χ2v) is 3.81. The number of aryl methyl sites for hydroxylation is 1. The Kier molecular flexibility index (Phi) is 3.49. The number of rotatable bonds is 4. The van der Waals surface area contributed by atoms with E-state index in [1.807, 2.05) is 17.7 Å². The van der Waals surface area contributed by atoms with Crippen LogP contribution in [0.5, 0.6) is 0 Å². The molecule has 1 atom stereocenters. The number of nitrogens with two attached hydrogens (primary N) is 1. The molecule has 2 rings (SSSR count). The highest BCUT2D eigenvalue weighted by molar-refractivity contribution is 5.13. The summed E-state index contributed by atoms with van der Waals surface area (Å²) in [5.41, 5.74) is 6.24. The fourth-order valence-electron chi connectivity index (χ4n) is 1.78. The smallest absolute Gasteiger partial charge is 0.146 e. The van der Waals surface area contributed by atoms with Crippen LogP contribution in [0.15, 0.2) is 30.7 Å². The van der Waals surface area contributed by atoms with Crippen molar-refractivity contribution in [1.82, 2.24) is 14.5 Å². The summed E-state index contributed by atoms with van der Waals surface area (Å²) in [4.78, 5) is 8.19. The monoisotopic (exact) mass is 234 g/mol. The maximum atomic E-state index is 13.5. The fourth-order valence-corrected chi connectivity index (χ4v) is 1.78. The molecule has 1 unspecified atom stereocenters. The van der Waals surface area contributed by atoms with Crippen molar-refractivity contribution in [2.24, 2.45) is 5.73 Å². The zero-order valence-corrected chi connectivity index (χ0v) is 9.68. The first-order chi connectivity index (χ1) is 8.22. The van der Waals surface area contributed by atoms with E-state index in [4.69, 9.17) is 5.73 Å². The van der Waals surface area contributed by atoms with Crippen LogP contribution in [0.4, 0.5) is 4.39 Å². The number of aromatic nitrogens is 3. The van der Waals surface area contributed by atoms with Crippen LogP contribution >= 0.6 is 0 Å². The molecule has 2 aromatic rings. The topological polar surface area (TPSA) is 56.7 Å². The maximum Gasteiger partial charge on any atom is 0.146 e. The highest BCUT2D eigenvalue weighted by Crippen LogP contribution is 2.15. The van der Waals surface area contributed by atoms with Crippen LogP contribution < -0.4 is 5.73 Å². The van der Waals surface area contributed by atoms with Gasteiger partial charge < -0.3 is 10.3 Å². The summed E-state index contributed by atoms with van der Waals surface area (Å²) in [5, 5.41) is 0. The number of nitrogens with zero attached hydrogens (tertiary/aromatic N) is 3. The molecule has 0 saturated carbocycles. The third-order valence-electron chi connectivity index (χ3n) is 2.68. The van der Waals surface area contributed by atoms with Gasteiger partial charge in [-0.3, -0.25) is 4.98 Å². The van der Waals surface area contributed by atoms with Gasteiger partial charge in [-0.15, -0.1) is 0 Å². The first kappa shape index (κ1) is 11.7. The molecule has 17 heavy (non-hydrogen) atoms. The highest BCUT2D eigenvalue weighted by atomic mass is 19.1. The summed E-state index contributed by atoms with van der Waals surface area (Å²) >= 11 is 0. The first-order valence-corrected chi connectivity index (χ1v) is 5.58. The lowest BCUT2D eigenvalue weighted by atomic mass is 10.1. The summed E-state index contributed by atoms with van der Waals surface area (Å²) in [7, 11) is 0. The van der Waals surface area contributed by atoms with Crippen LogP contribution in [0, 0.1) is 5.82 Å². The second kappa shape index (κ2) is 5.05. The molecule has 0 aliphatic rings. The van der Waals surface area contributed by atoms with Gasteiger partial charge in [0.1, 0.15) is 11.6 Å². The predicted molar refractivity (Wildman–Crippen MR) is 62.7 cm³/mol. The Morgan fingerprint density at radius 2 is 2.24 bits per heavy atom. The maximum absolute atomic E-state index is 13.5. The van der Waals surface area contributed by atoms with Gasteiger partial charge in [0.05, 0.1) is 11.7 Å². The molecule has 2 heterocycles. The first-order valence-electron chi connectivity index (χ1n) is 5.58. The van der Waals surface area contributed by atoms with E-state index in [2.05, 4.69) is 9.97 Å². The van der Waals surface area contributed by atoms with Crippen molar-refractivity contribution < 1.29 is 4.39 Å². The highest BCUT2D eigenvalue weighted by Gasteiger charge is 2.15. The average molecular weight is 234 g/mol. The summed E-state index contributed by atoms with van der Waals surface area (Å²) in [6.07, 6.45) is 5.64. The number of hydrogen-bond acceptors (Lipinski definition) is 3. The molecule has 0 spiro atoms. The van der Waals surface area contributed by atoms with E-state index in [1.165, 1.54) is 6.07 Å². The number of imidazole rings is 1. The molecule has 0 bridgehead atoms. The van der Waals surface area contributed by atoms with Crippen molar-refractivity contribution in [3.8, 4) is 0 Å². The van der Waals surface area contributed by atoms with E-state index < -0.39 is 6.04 Å². The SMILES string of the molecule is CCn1ccnc1CC(N)c1ncccc1F. The average Bonchev–Trinajstić information content (AvgIpc) is 2.76. The second-order valence-electron chi connectivity index (χ2n) is 3.81. The summed E-state index contributed by atoms with van der Waals surface area (Å²) in [6, 6.07) is 2.46. The van der Waals surface area contributed by atoms with Crippen LogP contribution in [-0.4, -0.2) is 14.5 Å². The molecule has 5 heteroatoms. The quantitative estimate of drug-likeness (QED) is 0.875. The van der Waals surface area contributed by atoms with Crippen molar-refractivity contribution in [3.05, 3.63) is 48.1 Å². The zero-order valence-electron chi connectivity index (χ0n) is 9.68. The number of pyridine rings is 1. The Hall–Kier alpha value is -1.75. The third-order valence-corrected chi connectivity index (χ3v) is 2.68. The Balaban J connectivity index is 2.17. The van der Waals surface area contributed by atoms with Crippen molar-refractivity contribution in [2.45, 2.75) is 25.9 Å². The van der Waals surface area contributed by atoms with Crippen LogP contribution in [0.1, 0.15) is 24.5 Å². The van der Waals surface area contributed by atoms with Gasteiger partial charge in [-0.25, -0.2) is 9.37 Å². The van der Waals surface area contributed by atoms with Crippen molar-refractivity contribution in [3.63, 3.8) is 0 Å². The normalized spacial score (nSPS) is 12.6. The molecule has 4 nitrogen and oxygen atoms in total. The molecule has 90 valence electrons. The van der Waals surface area contributed by atoms with Gasteiger partial charge in [-0.2, -0.15) is 0 Å². The van der Waals surface area contributed by atoms with Crippen LogP contribution in [0.2, 0.25) is 0 Å². The van der Waals surface area contributed by atoms with Crippen LogP contribution in [0.25, 0.3) is 0 Å². The zero-order chi connectivity index (χ0) is 12.3. The lowest BCUT2D eigenvalue weighted by molar-refractivity contribution is 0.549. The van der Waals surface area contributed by atoms with E-state index >= 15 is 0 Å². The number of hydrogen-bond donors (Lipinski definition) is 1. The third kappa shape index (κ3) is 2.50. The minimum atomic E-state index is -0.469. The van der Waals surface area contributed by atoms with Gasteiger partial charge >= 0.3 is 0 Å². The van der Waals surface area contributed by atoms with Gasteiger partial charge in [-0.1, -0.05) is 0 Å².